The Morgan fingerprint density at radius 1 is 1.28 bits per heavy atom. The van der Waals surface area contributed by atoms with Gasteiger partial charge in [0.05, 0.1) is 6.54 Å². The summed E-state index contributed by atoms with van der Waals surface area (Å²) in [4.78, 5) is 15.1. The lowest BCUT2D eigenvalue weighted by Crippen LogP contribution is -2.36. The normalized spacial score (nSPS) is 13.3. The van der Waals surface area contributed by atoms with E-state index in [9.17, 15) is 14.4 Å². The first-order valence-electron chi connectivity index (χ1n) is 9.32. The molecule has 0 saturated carbocycles. The molecule has 1 amide bonds. The van der Waals surface area contributed by atoms with Gasteiger partial charge in [0.25, 0.3) is 0 Å². The summed E-state index contributed by atoms with van der Waals surface area (Å²) in [6.45, 7) is 5.32. The van der Waals surface area contributed by atoms with Crippen molar-refractivity contribution in [1.29, 1.82) is 0 Å². The van der Waals surface area contributed by atoms with Crippen LogP contribution in [0.3, 0.4) is 0 Å². The molecule has 1 heterocycles. The van der Waals surface area contributed by atoms with Crippen LogP contribution in [0, 0.1) is 11.0 Å². The van der Waals surface area contributed by atoms with Crippen LogP contribution >= 0.6 is 0 Å². The van der Waals surface area contributed by atoms with Gasteiger partial charge in [-0.3, -0.25) is 0 Å². The van der Waals surface area contributed by atoms with Crippen LogP contribution in [0.25, 0.3) is 10.9 Å². The summed E-state index contributed by atoms with van der Waals surface area (Å²) in [7, 11) is 0. The van der Waals surface area contributed by atoms with E-state index < -0.39 is 17.7 Å². The summed E-state index contributed by atoms with van der Waals surface area (Å²) in [6.07, 6.45) is 2.51. The number of nitrogens with one attached hydrogen (secondary N) is 2. The molecule has 6 nitrogen and oxygen atoms in total. The fourth-order valence-electron chi connectivity index (χ4n) is 3.00. The van der Waals surface area contributed by atoms with Gasteiger partial charge < -0.3 is 20.2 Å². The van der Waals surface area contributed by atoms with Gasteiger partial charge in [-0.1, -0.05) is 18.2 Å². The molecule has 0 spiro atoms. The van der Waals surface area contributed by atoms with Crippen molar-refractivity contribution >= 4 is 23.2 Å². The molecule has 1 aromatic heterocycles. The molecule has 7 heteroatoms. The number of halogens is 1. The third kappa shape index (κ3) is 5.34. The van der Waals surface area contributed by atoms with E-state index in [-0.39, 0.29) is 12.4 Å². The largest absolute Gasteiger partial charge is 0.623 e. The second kappa shape index (κ2) is 8.34. The molecular weight excluding hydrogens is 373 g/mol. The summed E-state index contributed by atoms with van der Waals surface area (Å²) < 4.78 is 19.6. The van der Waals surface area contributed by atoms with Gasteiger partial charge in [0.15, 0.2) is 6.21 Å². The van der Waals surface area contributed by atoms with Crippen molar-refractivity contribution in [2.45, 2.75) is 32.4 Å². The monoisotopic (exact) mass is 397 g/mol. The summed E-state index contributed by atoms with van der Waals surface area (Å²) in [5.41, 5.74) is 1.31. The molecule has 0 radical (unpaired) electrons. The molecule has 0 saturated heterocycles. The molecule has 2 aromatic carbocycles. The van der Waals surface area contributed by atoms with Crippen LogP contribution in [-0.2, 0) is 4.74 Å². The molecule has 1 unspecified atom stereocenters. The highest BCUT2D eigenvalue weighted by Crippen LogP contribution is 2.27. The lowest BCUT2D eigenvalue weighted by molar-refractivity contribution is -0.500. The highest BCUT2D eigenvalue weighted by atomic mass is 19.1. The average molecular weight is 397 g/mol. The van der Waals surface area contributed by atoms with Crippen molar-refractivity contribution in [2.24, 2.45) is 0 Å². The Bertz CT molecular complexity index is 1020. The number of aromatic nitrogens is 1. The van der Waals surface area contributed by atoms with Crippen LogP contribution in [0.5, 0.6) is 0 Å². The van der Waals surface area contributed by atoms with Crippen LogP contribution < -0.4 is 5.32 Å². The van der Waals surface area contributed by atoms with Crippen LogP contribution in [0.2, 0.25) is 0 Å². The third-order valence-electron chi connectivity index (χ3n) is 4.26. The number of aromatic amines is 1. The molecule has 29 heavy (non-hydrogen) atoms. The second-order valence-electron chi connectivity index (χ2n) is 7.73. The van der Waals surface area contributed by atoms with Crippen molar-refractivity contribution < 1.29 is 18.7 Å². The number of carbonyl (C=O) groups is 1. The quantitative estimate of drug-likeness (QED) is 0.288. The Kier molecular flexibility index (Phi) is 5.87. The zero-order valence-electron chi connectivity index (χ0n) is 16.6. The zero-order chi connectivity index (χ0) is 21.0. The minimum atomic E-state index is -0.734. The van der Waals surface area contributed by atoms with Gasteiger partial charge in [-0.15, -0.1) is 0 Å². The van der Waals surface area contributed by atoms with Crippen molar-refractivity contribution in [3.63, 3.8) is 0 Å². The van der Waals surface area contributed by atoms with E-state index in [1.54, 1.807) is 33.0 Å². The summed E-state index contributed by atoms with van der Waals surface area (Å²) in [5, 5.41) is 16.4. The van der Waals surface area contributed by atoms with Crippen LogP contribution in [0.15, 0.2) is 54.7 Å². The highest BCUT2D eigenvalue weighted by molar-refractivity contribution is 5.84. The van der Waals surface area contributed by atoms with Crippen molar-refractivity contribution in [3.8, 4) is 0 Å². The lowest BCUT2D eigenvalue weighted by Gasteiger charge is -2.21. The maximum atomic E-state index is 13.5. The molecular formula is C22H24FN3O3. The molecule has 0 bridgehead atoms. The molecule has 3 aromatic rings. The fraction of sp³-hybridized carbons (Fsp3) is 0.273. The number of fused-ring (bicyclic) bond motifs is 1. The lowest BCUT2D eigenvalue weighted by atomic mass is 10.1. The van der Waals surface area contributed by atoms with E-state index in [1.807, 2.05) is 30.3 Å². The van der Waals surface area contributed by atoms with Gasteiger partial charge in [0.1, 0.15) is 11.4 Å². The zero-order valence-corrected chi connectivity index (χ0v) is 16.6. The van der Waals surface area contributed by atoms with Crippen LogP contribution in [0.4, 0.5) is 9.18 Å². The van der Waals surface area contributed by atoms with Gasteiger partial charge >= 0.3 is 6.09 Å². The Balaban J connectivity index is 1.92. The molecule has 1 atom stereocenters. The molecule has 0 aliphatic carbocycles. The number of hydrogen-bond donors (Lipinski definition) is 2. The van der Waals surface area contributed by atoms with E-state index in [1.165, 1.54) is 18.3 Å². The van der Waals surface area contributed by atoms with E-state index in [0.29, 0.717) is 16.5 Å². The number of hydrogen-bond acceptors (Lipinski definition) is 3. The summed E-state index contributed by atoms with van der Waals surface area (Å²) in [5.74, 6) is -0.371. The van der Waals surface area contributed by atoms with Crippen molar-refractivity contribution in [1.82, 2.24) is 10.3 Å². The van der Waals surface area contributed by atoms with Crippen molar-refractivity contribution in [2.75, 3.05) is 6.54 Å². The number of H-pyrrole nitrogens is 1. The number of hydroxylamine groups is 1. The van der Waals surface area contributed by atoms with E-state index in [4.69, 9.17) is 4.74 Å². The van der Waals surface area contributed by atoms with Gasteiger partial charge in [0.2, 0.25) is 6.04 Å². The molecule has 2 N–H and O–H groups in total. The van der Waals surface area contributed by atoms with Crippen molar-refractivity contribution in [3.05, 3.63) is 76.9 Å². The van der Waals surface area contributed by atoms with Crippen LogP contribution in [0.1, 0.15) is 37.9 Å². The molecule has 0 fully saturated rings. The Hall–Kier alpha value is -3.35. The first-order valence-corrected chi connectivity index (χ1v) is 9.32. The number of alkyl carbamates (subject to hydrolysis) is 1. The first kappa shape index (κ1) is 20.4. The molecule has 0 aliphatic rings. The summed E-state index contributed by atoms with van der Waals surface area (Å²) in [6, 6.07) is 12.8. The van der Waals surface area contributed by atoms with Gasteiger partial charge in [0, 0.05) is 28.2 Å². The van der Waals surface area contributed by atoms with E-state index in [0.717, 1.165) is 10.3 Å². The third-order valence-corrected chi connectivity index (χ3v) is 4.26. The maximum Gasteiger partial charge on any atom is 0.407 e. The highest BCUT2D eigenvalue weighted by Gasteiger charge is 2.25. The SMILES string of the molecule is CC(C)(C)OC(=O)NCC(c1c[nH]c2cc(F)ccc12)[N+]([O-])=Cc1ccccc1. The van der Waals surface area contributed by atoms with E-state index in [2.05, 4.69) is 10.3 Å². The average Bonchev–Trinajstić information content (AvgIpc) is 3.04. The number of amides is 1. The Morgan fingerprint density at radius 3 is 2.69 bits per heavy atom. The first-order chi connectivity index (χ1) is 13.7. The smallest absolute Gasteiger partial charge is 0.407 e. The number of rotatable bonds is 5. The topological polar surface area (TPSA) is 80.2 Å². The molecule has 152 valence electrons. The predicted octanol–water partition coefficient (Wildman–Crippen LogP) is 4.50. The predicted molar refractivity (Wildman–Crippen MR) is 110 cm³/mol. The number of carbonyl (C=O) groups excluding carboxylic acids is 1. The Morgan fingerprint density at radius 2 is 2.00 bits per heavy atom. The summed E-state index contributed by atoms with van der Waals surface area (Å²) >= 11 is 0. The van der Waals surface area contributed by atoms with E-state index >= 15 is 0 Å². The van der Waals surface area contributed by atoms with Gasteiger partial charge in [-0.05, 0) is 51.1 Å². The second-order valence-corrected chi connectivity index (χ2v) is 7.73. The molecule has 3 rings (SSSR count). The van der Waals surface area contributed by atoms with Crippen LogP contribution in [-0.4, -0.2) is 34.2 Å². The Labute approximate surface area is 168 Å². The maximum absolute atomic E-state index is 13.5. The molecule has 0 aliphatic heterocycles. The number of ether oxygens (including phenoxy) is 1. The number of nitrogens with zero attached hydrogens (tertiary/aromatic N) is 1. The number of benzene rings is 2. The minimum absolute atomic E-state index is 0.0199. The minimum Gasteiger partial charge on any atom is -0.623 e. The fourth-order valence-corrected chi connectivity index (χ4v) is 3.00. The van der Waals surface area contributed by atoms with Gasteiger partial charge in [-0.25, -0.2) is 13.9 Å². The van der Waals surface area contributed by atoms with Gasteiger partial charge in [-0.2, -0.15) is 0 Å². The standard InChI is InChI=1S/C22H24FN3O3/c1-22(2,3)29-21(27)25-13-20(26(28)14-15-7-5-4-6-8-15)18-12-24-19-11-16(23)9-10-17(18)19/h4-12,14,20,24H,13H2,1-3H3,(H,25,27).